The first kappa shape index (κ1) is 23.0. The minimum Gasteiger partial charge on any atom is -0.335 e. The van der Waals surface area contributed by atoms with Crippen LogP contribution in [0.4, 0.5) is 9.18 Å². The van der Waals surface area contributed by atoms with E-state index in [0.717, 1.165) is 32.1 Å². The van der Waals surface area contributed by atoms with Gasteiger partial charge < -0.3 is 15.1 Å². The van der Waals surface area contributed by atoms with E-state index in [1.165, 1.54) is 18.6 Å². The van der Waals surface area contributed by atoms with E-state index in [0.29, 0.717) is 12.6 Å². The van der Waals surface area contributed by atoms with Crippen molar-refractivity contribution in [3.63, 3.8) is 0 Å². The number of hydrogen-bond donors (Lipinski definition) is 3. The van der Waals surface area contributed by atoms with Crippen molar-refractivity contribution in [2.24, 2.45) is 5.92 Å². The molecule has 4 saturated heterocycles. The van der Waals surface area contributed by atoms with E-state index in [2.05, 4.69) is 28.0 Å². The number of carbonyl (C=O) groups is 2. The molecule has 3 unspecified atom stereocenters. The molecule has 0 spiro atoms. The van der Waals surface area contributed by atoms with Gasteiger partial charge in [0.2, 0.25) is 0 Å². The number of hydrazine groups is 1. The fourth-order valence-electron chi connectivity index (χ4n) is 6.18. The summed E-state index contributed by atoms with van der Waals surface area (Å²) >= 11 is 0. The molecular formula is C24H32FN7O2. The number of halogens is 1. The number of benzene rings is 1. The summed E-state index contributed by atoms with van der Waals surface area (Å²) in [5, 5.41) is 11.8. The number of nitrogens with one attached hydrogen (secondary N) is 3. The van der Waals surface area contributed by atoms with Crippen LogP contribution in [0, 0.1) is 23.1 Å². The maximum Gasteiger partial charge on any atom is 0.320 e. The highest BCUT2D eigenvalue weighted by Crippen LogP contribution is 2.38. The molecule has 0 aliphatic carbocycles. The fraction of sp³-hybridized carbons (Fsp3) is 0.625. The molecule has 9 nitrogen and oxygen atoms in total. The number of likely N-dealkylation sites (tertiary alicyclic amines) is 1. The van der Waals surface area contributed by atoms with Crippen LogP contribution in [0.3, 0.4) is 0 Å². The van der Waals surface area contributed by atoms with E-state index in [-0.39, 0.29) is 35.2 Å². The second kappa shape index (κ2) is 8.48. The average molecular weight is 470 g/mol. The number of nitrogens with zero attached hydrogens (tertiary/aromatic N) is 4. The SMILES string of the molecule is C[C@H]1CN2CCC[C@H]2CN1C(=O)N1CC2C(NC(=O)c3ccc(C#N)cc3F)NNC2C1(C)C. The number of fused-ring (bicyclic) bond motifs is 2. The molecule has 5 rings (SSSR count). The van der Waals surface area contributed by atoms with Crippen LogP contribution in [0.15, 0.2) is 18.2 Å². The van der Waals surface area contributed by atoms with Gasteiger partial charge in [0.15, 0.2) is 0 Å². The summed E-state index contributed by atoms with van der Waals surface area (Å²) in [4.78, 5) is 33.0. The van der Waals surface area contributed by atoms with Crippen molar-refractivity contribution in [1.82, 2.24) is 30.9 Å². The first-order chi connectivity index (χ1) is 16.2. The van der Waals surface area contributed by atoms with Gasteiger partial charge in [-0.3, -0.25) is 15.1 Å². The highest BCUT2D eigenvalue weighted by molar-refractivity contribution is 5.94. The molecule has 4 aliphatic rings. The molecule has 3 amide bonds. The second-order valence-electron chi connectivity index (χ2n) is 10.5. The van der Waals surface area contributed by atoms with Crippen LogP contribution in [-0.4, -0.2) is 82.6 Å². The lowest BCUT2D eigenvalue weighted by molar-refractivity contribution is 0.0497. The molecule has 0 radical (unpaired) electrons. The van der Waals surface area contributed by atoms with Gasteiger partial charge in [0, 0.05) is 37.6 Å². The molecule has 4 heterocycles. The number of amides is 3. The van der Waals surface area contributed by atoms with Crippen LogP contribution in [0.5, 0.6) is 0 Å². The molecule has 0 bridgehead atoms. The number of nitriles is 1. The lowest BCUT2D eigenvalue weighted by atomic mass is 9.90. The van der Waals surface area contributed by atoms with Crippen LogP contribution >= 0.6 is 0 Å². The highest BCUT2D eigenvalue weighted by Gasteiger charge is 2.56. The van der Waals surface area contributed by atoms with E-state index in [1.807, 2.05) is 29.7 Å². The Balaban J connectivity index is 1.29. The molecule has 0 aromatic heterocycles. The Labute approximate surface area is 199 Å². The summed E-state index contributed by atoms with van der Waals surface area (Å²) in [7, 11) is 0. The van der Waals surface area contributed by atoms with E-state index in [1.54, 1.807) is 0 Å². The molecule has 0 saturated carbocycles. The first-order valence-electron chi connectivity index (χ1n) is 12.0. The Kier molecular flexibility index (Phi) is 5.74. The maximum atomic E-state index is 14.3. The van der Waals surface area contributed by atoms with Crippen molar-refractivity contribution in [1.29, 1.82) is 5.26 Å². The third-order valence-electron chi connectivity index (χ3n) is 8.14. The summed E-state index contributed by atoms with van der Waals surface area (Å²) in [6, 6.07) is 6.23. The van der Waals surface area contributed by atoms with Crippen molar-refractivity contribution in [2.45, 2.75) is 63.4 Å². The second-order valence-corrected chi connectivity index (χ2v) is 10.5. The average Bonchev–Trinajstić information content (AvgIpc) is 3.48. The molecule has 34 heavy (non-hydrogen) atoms. The maximum absolute atomic E-state index is 14.3. The molecule has 5 atom stereocenters. The van der Waals surface area contributed by atoms with Gasteiger partial charge >= 0.3 is 6.03 Å². The molecule has 4 aliphatic heterocycles. The van der Waals surface area contributed by atoms with Crippen LogP contribution in [0.25, 0.3) is 0 Å². The zero-order valence-corrected chi connectivity index (χ0v) is 19.8. The lowest BCUT2D eigenvalue weighted by Crippen LogP contribution is -2.63. The topological polar surface area (TPSA) is 104 Å². The zero-order valence-electron chi connectivity index (χ0n) is 19.8. The fourth-order valence-corrected chi connectivity index (χ4v) is 6.18. The van der Waals surface area contributed by atoms with E-state index >= 15 is 0 Å². The summed E-state index contributed by atoms with van der Waals surface area (Å²) in [6.45, 7) is 9.47. The molecule has 3 N–H and O–H groups in total. The summed E-state index contributed by atoms with van der Waals surface area (Å²) in [5.41, 5.74) is 5.96. The van der Waals surface area contributed by atoms with Crippen molar-refractivity contribution in [2.75, 3.05) is 26.2 Å². The monoisotopic (exact) mass is 469 g/mol. The normalized spacial score (nSPS) is 32.3. The largest absolute Gasteiger partial charge is 0.335 e. The van der Waals surface area contributed by atoms with Gasteiger partial charge in [-0.15, -0.1) is 0 Å². The standard InChI is InChI=1S/C24H32FN7O2/c1-14-11-30-8-4-5-16(30)12-31(14)23(34)32-13-18-20(24(32,2)3)28-29-21(18)27-22(33)17-7-6-15(10-26)9-19(17)25/h6-7,9,14,16,18,20-21,28-29H,4-5,8,11-13H2,1-3H3,(H,27,33)/t14-,16-,18?,20?,21?/m0/s1. The number of urea groups is 1. The van der Waals surface area contributed by atoms with Crippen LogP contribution in [-0.2, 0) is 0 Å². The van der Waals surface area contributed by atoms with Crippen molar-refractivity contribution in [3.05, 3.63) is 35.1 Å². The zero-order chi connectivity index (χ0) is 24.2. The predicted octanol–water partition coefficient (Wildman–Crippen LogP) is 1.23. The first-order valence-corrected chi connectivity index (χ1v) is 12.0. The van der Waals surface area contributed by atoms with Gasteiger partial charge in [-0.05, 0) is 58.4 Å². The molecular weight excluding hydrogens is 437 g/mol. The molecule has 10 heteroatoms. The number of hydrogen-bond acceptors (Lipinski definition) is 6. The van der Waals surface area contributed by atoms with Crippen molar-refractivity contribution < 1.29 is 14.0 Å². The smallest absolute Gasteiger partial charge is 0.320 e. The number of rotatable bonds is 2. The summed E-state index contributed by atoms with van der Waals surface area (Å²) in [6.07, 6.45) is 1.86. The van der Waals surface area contributed by atoms with Crippen LogP contribution in [0.1, 0.15) is 49.5 Å². The van der Waals surface area contributed by atoms with Gasteiger partial charge in [0.25, 0.3) is 5.91 Å². The van der Waals surface area contributed by atoms with Crippen molar-refractivity contribution in [3.8, 4) is 6.07 Å². The van der Waals surface area contributed by atoms with Gasteiger partial charge in [0.1, 0.15) is 5.82 Å². The Morgan fingerprint density at radius 1 is 1.24 bits per heavy atom. The Morgan fingerprint density at radius 2 is 2.03 bits per heavy atom. The summed E-state index contributed by atoms with van der Waals surface area (Å²) < 4.78 is 14.3. The van der Waals surface area contributed by atoms with E-state index in [9.17, 15) is 14.0 Å². The van der Waals surface area contributed by atoms with Crippen LogP contribution < -0.4 is 16.2 Å². The van der Waals surface area contributed by atoms with Crippen molar-refractivity contribution >= 4 is 11.9 Å². The van der Waals surface area contributed by atoms with Gasteiger partial charge in [-0.1, -0.05) is 0 Å². The van der Waals surface area contributed by atoms with Gasteiger partial charge in [-0.25, -0.2) is 14.6 Å². The molecule has 1 aromatic carbocycles. The summed E-state index contributed by atoms with van der Waals surface area (Å²) in [5.74, 6) is -1.37. The Hall–Kier alpha value is -2.74. The Bertz CT molecular complexity index is 1040. The van der Waals surface area contributed by atoms with Crippen LogP contribution in [0.2, 0.25) is 0 Å². The predicted molar refractivity (Wildman–Crippen MR) is 123 cm³/mol. The highest BCUT2D eigenvalue weighted by atomic mass is 19.1. The third kappa shape index (κ3) is 3.72. The van der Waals surface area contributed by atoms with E-state index in [4.69, 9.17) is 5.26 Å². The number of piperazine rings is 1. The van der Waals surface area contributed by atoms with E-state index < -0.39 is 23.4 Å². The number of carbonyl (C=O) groups excluding carboxylic acids is 2. The van der Waals surface area contributed by atoms with Gasteiger partial charge in [0.05, 0.1) is 34.9 Å². The third-order valence-corrected chi connectivity index (χ3v) is 8.14. The quantitative estimate of drug-likeness (QED) is 0.602. The Morgan fingerprint density at radius 3 is 2.76 bits per heavy atom. The lowest BCUT2D eigenvalue weighted by Gasteiger charge is -2.46. The molecule has 4 fully saturated rings. The minimum atomic E-state index is -0.734. The molecule has 1 aromatic rings. The minimum absolute atomic E-state index is 0.0449. The molecule has 182 valence electrons. The van der Waals surface area contributed by atoms with Gasteiger partial charge in [-0.2, -0.15) is 5.26 Å².